The van der Waals surface area contributed by atoms with Crippen LogP contribution >= 0.6 is 0 Å². The van der Waals surface area contributed by atoms with Gasteiger partial charge in [0.25, 0.3) is 11.3 Å². The minimum absolute atomic E-state index is 0.0330. The number of hydrogen-bond acceptors (Lipinski definition) is 6. The van der Waals surface area contributed by atoms with Crippen molar-refractivity contribution >= 4 is 17.4 Å². The van der Waals surface area contributed by atoms with Gasteiger partial charge in [-0.25, -0.2) is 4.79 Å². The lowest BCUT2D eigenvalue weighted by Crippen LogP contribution is -2.41. The lowest BCUT2D eigenvalue weighted by atomic mass is 9.74. The van der Waals surface area contributed by atoms with Crippen molar-refractivity contribution in [3.8, 4) is 5.75 Å². The second-order valence-corrected chi connectivity index (χ2v) is 6.84. The van der Waals surface area contributed by atoms with Crippen molar-refractivity contribution in [3.05, 3.63) is 106 Å². The molecule has 142 valence electrons. The van der Waals surface area contributed by atoms with Crippen LogP contribution in [0.3, 0.4) is 0 Å². The molecule has 29 heavy (non-hydrogen) atoms. The first-order valence-electron chi connectivity index (χ1n) is 8.99. The fraction of sp³-hybridized carbons (Fsp3) is 0.0909. The predicted molar refractivity (Wildman–Crippen MR) is 104 cm³/mol. The van der Waals surface area contributed by atoms with Crippen molar-refractivity contribution in [3.63, 3.8) is 0 Å². The number of nitrogens with zero attached hydrogens (tertiary/aromatic N) is 2. The largest absolute Gasteiger partial charge is 0.423 e. The van der Waals surface area contributed by atoms with Gasteiger partial charge in [0.05, 0.1) is 22.1 Å². The summed E-state index contributed by atoms with van der Waals surface area (Å²) in [4.78, 5) is 29.5. The zero-order chi connectivity index (χ0) is 20.0. The molecule has 2 aliphatic rings. The maximum Gasteiger partial charge on any atom is 0.364 e. The van der Waals surface area contributed by atoms with E-state index in [0.717, 1.165) is 5.56 Å². The Hall–Kier alpha value is -4.00. The van der Waals surface area contributed by atoms with Crippen molar-refractivity contribution in [2.75, 3.05) is 0 Å². The number of oxime groups is 1. The Bertz CT molecular complexity index is 1160. The summed E-state index contributed by atoms with van der Waals surface area (Å²) in [5.74, 6) is -0.757. The molecule has 0 amide bonds. The first kappa shape index (κ1) is 17.1. The van der Waals surface area contributed by atoms with Crippen molar-refractivity contribution in [2.45, 2.75) is 11.5 Å². The maximum absolute atomic E-state index is 13.1. The van der Waals surface area contributed by atoms with Gasteiger partial charge in [0.2, 0.25) is 0 Å². The monoisotopic (exact) mass is 386 g/mol. The molecule has 3 aromatic carbocycles. The van der Waals surface area contributed by atoms with Crippen LogP contribution in [-0.2, 0) is 15.2 Å². The molecule has 2 atom stereocenters. The number of benzene rings is 3. The van der Waals surface area contributed by atoms with Crippen LogP contribution in [0.15, 0.2) is 84.0 Å². The van der Waals surface area contributed by atoms with Crippen LogP contribution in [0.4, 0.5) is 5.69 Å². The molecule has 1 spiro atoms. The molecule has 3 aromatic rings. The van der Waals surface area contributed by atoms with Gasteiger partial charge in [0.1, 0.15) is 5.75 Å². The molecule has 7 nitrogen and oxygen atoms in total. The standard InChI is InChI=1S/C22H14N2O5/c25-21-22(17-8-4-5-9-18(17)28-21)19(14-10-12-16(13-11-14)24(26)27)20(23-29-22)15-6-2-1-3-7-15/h1-13,19H/t19-,22+/m1/s1. The highest BCUT2D eigenvalue weighted by Crippen LogP contribution is 2.53. The maximum atomic E-state index is 13.1. The highest BCUT2D eigenvalue weighted by molar-refractivity contribution is 6.11. The van der Waals surface area contributed by atoms with Gasteiger partial charge in [-0.3, -0.25) is 10.1 Å². The Labute approximate surface area is 165 Å². The molecule has 0 aromatic heterocycles. The molecule has 0 fully saturated rings. The van der Waals surface area contributed by atoms with Crippen LogP contribution < -0.4 is 4.74 Å². The number of rotatable bonds is 3. The summed E-state index contributed by atoms with van der Waals surface area (Å²) in [6.45, 7) is 0. The van der Waals surface area contributed by atoms with Crippen molar-refractivity contribution in [1.29, 1.82) is 0 Å². The molecular formula is C22H14N2O5. The molecule has 0 aliphatic carbocycles. The van der Waals surface area contributed by atoms with Gasteiger partial charge in [-0.05, 0) is 11.6 Å². The number of ether oxygens (including phenoxy) is 1. The van der Waals surface area contributed by atoms with Gasteiger partial charge in [0, 0.05) is 17.7 Å². The quantitative estimate of drug-likeness (QED) is 0.294. The van der Waals surface area contributed by atoms with Crippen LogP contribution in [0.25, 0.3) is 0 Å². The SMILES string of the molecule is O=C1Oc2ccccc2[C@@]12ON=C(c1ccccc1)[C@H]2c1ccc([N+](=O)[O-])cc1. The molecule has 0 unspecified atom stereocenters. The predicted octanol–water partition coefficient (Wildman–Crippen LogP) is 3.93. The van der Waals surface area contributed by atoms with Crippen LogP contribution in [0.5, 0.6) is 5.75 Å². The normalized spacial score (nSPS) is 22.0. The highest BCUT2D eigenvalue weighted by Gasteiger charge is 2.63. The number of fused-ring (bicyclic) bond motifs is 2. The average Bonchev–Trinajstić information content (AvgIpc) is 3.28. The van der Waals surface area contributed by atoms with Gasteiger partial charge in [-0.1, -0.05) is 65.8 Å². The number of carbonyl (C=O) groups excluding carboxylic acids is 1. The summed E-state index contributed by atoms with van der Waals surface area (Å²) in [6, 6.07) is 22.5. The summed E-state index contributed by atoms with van der Waals surface area (Å²) in [6.07, 6.45) is 0. The molecule has 5 rings (SSSR count). The van der Waals surface area contributed by atoms with E-state index in [0.29, 0.717) is 22.6 Å². The summed E-state index contributed by atoms with van der Waals surface area (Å²) in [5.41, 5.74) is 1.11. The molecule has 0 bridgehead atoms. The average molecular weight is 386 g/mol. The third-order valence-electron chi connectivity index (χ3n) is 5.27. The van der Waals surface area contributed by atoms with Crippen LogP contribution in [0, 0.1) is 10.1 Å². The Balaban J connectivity index is 1.71. The molecule has 7 heteroatoms. The lowest BCUT2D eigenvalue weighted by molar-refractivity contribution is -0.384. The van der Waals surface area contributed by atoms with E-state index in [1.807, 2.05) is 30.3 Å². The zero-order valence-electron chi connectivity index (χ0n) is 15.0. The number of carbonyl (C=O) groups is 1. The van der Waals surface area contributed by atoms with Crippen LogP contribution in [0.2, 0.25) is 0 Å². The zero-order valence-corrected chi connectivity index (χ0v) is 15.0. The third kappa shape index (κ3) is 2.44. The Morgan fingerprint density at radius 2 is 1.62 bits per heavy atom. The summed E-state index contributed by atoms with van der Waals surface area (Å²) >= 11 is 0. The fourth-order valence-electron chi connectivity index (χ4n) is 3.94. The minimum atomic E-state index is -1.47. The van der Waals surface area contributed by atoms with Crippen molar-refractivity contribution in [1.82, 2.24) is 0 Å². The van der Waals surface area contributed by atoms with E-state index in [-0.39, 0.29) is 5.69 Å². The molecular weight excluding hydrogens is 372 g/mol. The molecule has 2 heterocycles. The molecule has 0 saturated carbocycles. The number of non-ortho nitro benzene ring substituents is 1. The number of esters is 1. The smallest absolute Gasteiger partial charge is 0.364 e. The molecule has 2 aliphatic heterocycles. The third-order valence-corrected chi connectivity index (χ3v) is 5.27. The first-order chi connectivity index (χ1) is 14.1. The van der Waals surface area contributed by atoms with Crippen LogP contribution in [-0.4, -0.2) is 16.6 Å². The van der Waals surface area contributed by atoms with Gasteiger partial charge in [-0.15, -0.1) is 0 Å². The number of para-hydroxylation sites is 1. The number of nitro groups is 1. The molecule has 0 saturated heterocycles. The van der Waals surface area contributed by atoms with Crippen molar-refractivity contribution in [2.24, 2.45) is 5.16 Å². The molecule has 0 N–H and O–H groups in total. The van der Waals surface area contributed by atoms with Gasteiger partial charge < -0.3 is 9.57 Å². The van der Waals surface area contributed by atoms with E-state index < -0.39 is 22.4 Å². The summed E-state index contributed by atoms with van der Waals surface area (Å²) < 4.78 is 5.50. The fourth-order valence-corrected chi connectivity index (χ4v) is 3.94. The topological polar surface area (TPSA) is 91.0 Å². The second kappa shape index (κ2) is 6.27. The minimum Gasteiger partial charge on any atom is -0.423 e. The lowest BCUT2D eigenvalue weighted by Gasteiger charge is -2.26. The summed E-state index contributed by atoms with van der Waals surface area (Å²) in [7, 11) is 0. The molecule has 0 radical (unpaired) electrons. The van der Waals surface area contributed by atoms with Crippen LogP contribution in [0.1, 0.15) is 22.6 Å². The number of nitro benzene ring substituents is 1. The van der Waals surface area contributed by atoms with Gasteiger partial charge in [0.15, 0.2) is 0 Å². The van der Waals surface area contributed by atoms with E-state index in [1.165, 1.54) is 12.1 Å². The number of hydrogen-bond donors (Lipinski definition) is 0. The Morgan fingerprint density at radius 3 is 2.34 bits per heavy atom. The highest BCUT2D eigenvalue weighted by atomic mass is 16.7. The van der Waals surface area contributed by atoms with E-state index in [2.05, 4.69) is 5.16 Å². The Kier molecular flexibility index (Phi) is 3.70. The van der Waals surface area contributed by atoms with E-state index in [4.69, 9.17) is 9.57 Å². The summed E-state index contributed by atoms with van der Waals surface area (Å²) in [5, 5.41) is 15.4. The van der Waals surface area contributed by atoms with Crippen molar-refractivity contribution < 1.29 is 19.3 Å². The van der Waals surface area contributed by atoms with Gasteiger partial charge >= 0.3 is 5.97 Å². The van der Waals surface area contributed by atoms with Gasteiger partial charge in [-0.2, -0.15) is 0 Å². The second-order valence-electron chi connectivity index (χ2n) is 6.84. The first-order valence-corrected chi connectivity index (χ1v) is 8.99. The Morgan fingerprint density at radius 1 is 0.931 bits per heavy atom. The van der Waals surface area contributed by atoms with E-state index >= 15 is 0 Å². The van der Waals surface area contributed by atoms with E-state index in [9.17, 15) is 14.9 Å². The van der Waals surface area contributed by atoms with E-state index in [1.54, 1.807) is 36.4 Å².